The SMILES string of the molecule is FC(F)(F)c1ccc(CCCNc2cc(-c3ccc4cnccc4c3)on2)cc1. The molecule has 1 N–H and O–H groups in total. The number of nitrogens with zero attached hydrogens (tertiary/aromatic N) is 2. The molecule has 4 rings (SSSR count). The van der Waals surface area contributed by atoms with E-state index in [0.717, 1.165) is 40.5 Å². The van der Waals surface area contributed by atoms with Crippen molar-refractivity contribution in [2.45, 2.75) is 19.0 Å². The molecular weight excluding hydrogens is 379 g/mol. The van der Waals surface area contributed by atoms with Crippen molar-refractivity contribution >= 4 is 16.6 Å². The van der Waals surface area contributed by atoms with Gasteiger partial charge in [-0.2, -0.15) is 13.2 Å². The van der Waals surface area contributed by atoms with E-state index in [0.29, 0.717) is 24.5 Å². The Bertz CT molecular complexity index is 1100. The lowest BCUT2D eigenvalue weighted by Gasteiger charge is -2.07. The number of anilines is 1. The smallest absolute Gasteiger partial charge is 0.367 e. The molecule has 0 spiro atoms. The molecule has 0 aliphatic carbocycles. The van der Waals surface area contributed by atoms with E-state index in [9.17, 15) is 13.2 Å². The van der Waals surface area contributed by atoms with Crippen molar-refractivity contribution in [3.63, 3.8) is 0 Å². The number of hydrogen-bond donors (Lipinski definition) is 1. The second-order valence-corrected chi connectivity index (χ2v) is 6.74. The summed E-state index contributed by atoms with van der Waals surface area (Å²) >= 11 is 0. The van der Waals surface area contributed by atoms with Crippen LogP contribution in [-0.4, -0.2) is 16.7 Å². The molecule has 4 aromatic rings. The van der Waals surface area contributed by atoms with E-state index in [1.54, 1.807) is 6.20 Å². The van der Waals surface area contributed by atoms with Crippen LogP contribution in [0.5, 0.6) is 0 Å². The van der Waals surface area contributed by atoms with Crippen LogP contribution < -0.4 is 5.32 Å². The third-order valence-electron chi connectivity index (χ3n) is 4.66. The zero-order chi connectivity index (χ0) is 20.3. The van der Waals surface area contributed by atoms with Gasteiger partial charge in [0, 0.05) is 36.0 Å². The number of alkyl halides is 3. The predicted molar refractivity (Wildman–Crippen MR) is 105 cm³/mol. The van der Waals surface area contributed by atoms with E-state index >= 15 is 0 Å². The minimum Gasteiger partial charge on any atom is -0.367 e. The number of aryl methyl sites for hydroxylation is 1. The van der Waals surface area contributed by atoms with Crippen molar-refractivity contribution in [3.05, 3.63) is 78.1 Å². The van der Waals surface area contributed by atoms with Gasteiger partial charge < -0.3 is 9.84 Å². The van der Waals surface area contributed by atoms with Crippen molar-refractivity contribution in [1.29, 1.82) is 0 Å². The van der Waals surface area contributed by atoms with Gasteiger partial charge in [-0.25, -0.2) is 0 Å². The molecule has 29 heavy (non-hydrogen) atoms. The maximum absolute atomic E-state index is 12.6. The number of rotatable bonds is 6. The molecule has 0 amide bonds. The summed E-state index contributed by atoms with van der Waals surface area (Å²) in [7, 11) is 0. The first-order valence-electron chi connectivity index (χ1n) is 9.20. The lowest BCUT2D eigenvalue weighted by atomic mass is 10.1. The fourth-order valence-corrected chi connectivity index (χ4v) is 3.10. The summed E-state index contributed by atoms with van der Waals surface area (Å²) in [5.74, 6) is 1.29. The van der Waals surface area contributed by atoms with Gasteiger partial charge in [0.15, 0.2) is 11.6 Å². The molecule has 0 atom stereocenters. The van der Waals surface area contributed by atoms with Crippen molar-refractivity contribution in [3.8, 4) is 11.3 Å². The summed E-state index contributed by atoms with van der Waals surface area (Å²) in [4.78, 5) is 4.10. The second-order valence-electron chi connectivity index (χ2n) is 6.74. The monoisotopic (exact) mass is 397 g/mol. The molecule has 2 heterocycles. The van der Waals surface area contributed by atoms with Crippen LogP contribution in [0, 0.1) is 0 Å². The number of hydrogen-bond acceptors (Lipinski definition) is 4. The lowest BCUT2D eigenvalue weighted by molar-refractivity contribution is -0.137. The van der Waals surface area contributed by atoms with Crippen LogP contribution in [0.1, 0.15) is 17.5 Å². The van der Waals surface area contributed by atoms with Crippen LogP contribution in [0.15, 0.2) is 71.5 Å². The van der Waals surface area contributed by atoms with E-state index in [1.807, 2.05) is 36.5 Å². The molecule has 0 saturated heterocycles. The number of nitrogens with one attached hydrogen (secondary N) is 1. The Balaban J connectivity index is 1.31. The standard InChI is InChI=1S/C22H18F3N3O/c23-22(24,25)19-7-3-15(4-8-19)2-1-10-27-21-13-20(29-28-21)17-5-6-18-14-26-11-9-16(18)12-17/h3-9,11-14H,1-2,10H2,(H,27,28). The van der Waals surface area contributed by atoms with Crippen LogP contribution >= 0.6 is 0 Å². The summed E-state index contributed by atoms with van der Waals surface area (Å²) in [5.41, 5.74) is 1.17. The first kappa shape index (κ1) is 19.0. The fraction of sp³-hybridized carbons (Fsp3) is 0.182. The maximum Gasteiger partial charge on any atom is 0.416 e. The molecule has 2 aromatic heterocycles. The van der Waals surface area contributed by atoms with Gasteiger partial charge in [-0.05, 0) is 48.1 Å². The quantitative estimate of drug-likeness (QED) is 0.408. The summed E-state index contributed by atoms with van der Waals surface area (Å²) in [5, 5.41) is 9.34. The lowest BCUT2D eigenvalue weighted by Crippen LogP contribution is -2.05. The predicted octanol–water partition coefficient (Wildman–Crippen LogP) is 5.95. The van der Waals surface area contributed by atoms with Crippen molar-refractivity contribution in [1.82, 2.24) is 10.1 Å². The van der Waals surface area contributed by atoms with Gasteiger partial charge in [0.1, 0.15) is 0 Å². The van der Waals surface area contributed by atoms with Crippen LogP contribution in [-0.2, 0) is 12.6 Å². The van der Waals surface area contributed by atoms with Gasteiger partial charge in [-0.1, -0.05) is 29.4 Å². The number of pyridine rings is 1. The van der Waals surface area contributed by atoms with E-state index in [-0.39, 0.29) is 0 Å². The largest absolute Gasteiger partial charge is 0.416 e. The van der Waals surface area contributed by atoms with E-state index in [4.69, 9.17) is 4.52 Å². The van der Waals surface area contributed by atoms with Gasteiger partial charge in [-0.15, -0.1) is 0 Å². The number of benzene rings is 2. The normalized spacial score (nSPS) is 11.7. The molecule has 0 radical (unpaired) electrons. The average Bonchev–Trinajstić information content (AvgIpc) is 3.19. The van der Waals surface area contributed by atoms with Gasteiger partial charge >= 0.3 is 6.18 Å². The molecule has 0 aliphatic rings. The van der Waals surface area contributed by atoms with Crippen molar-refractivity contribution in [2.24, 2.45) is 0 Å². The Labute approximate surface area is 165 Å². The van der Waals surface area contributed by atoms with E-state index in [2.05, 4.69) is 15.5 Å². The summed E-state index contributed by atoms with van der Waals surface area (Å²) < 4.78 is 43.2. The summed E-state index contributed by atoms with van der Waals surface area (Å²) in [6.07, 6.45) is 0.692. The topological polar surface area (TPSA) is 51.0 Å². The highest BCUT2D eigenvalue weighted by Crippen LogP contribution is 2.29. The highest BCUT2D eigenvalue weighted by molar-refractivity contribution is 5.85. The average molecular weight is 397 g/mol. The molecule has 148 valence electrons. The molecule has 7 heteroatoms. The molecule has 0 fully saturated rings. The summed E-state index contributed by atoms with van der Waals surface area (Å²) in [6.45, 7) is 0.635. The third-order valence-corrected chi connectivity index (χ3v) is 4.66. The second kappa shape index (κ2) is 7.95. The number of halogens is 3. The van der Waals surface area contributed by atoms with Gasteiger partial charge in [0.25, 0.3) is 0 Å². The maximum atomic E-state index is 12.6. The Morgan fingerprint density at radius 3 is 2.55 bits per heavy atom. The first-order valence-corrected chi connectivity index (χ1v) is 9.20. The zero-order valence-corrected chi connectivity index (χ0v) is 15.4. The summed E-state index contributed by atoms with van der Waals surface area (Å²) in [6, 6.07) is 15.0. The number of aromatic nitrogens is 2. The number of fused-ring (bicyclic) bond motifs is 1. The van der Waals surface area contributed by atoms with Gasteiger partial charge in [0.2, 0.25) is 0 Å². The molecular formula is C22H18F3N3O. The molecule has 0 saturated carbocycles. The Hall–Kier alpha value is -3.35. The third kappa shape index (κ3) is 4.56. The molecule has 4 nitrogen and oxygen atoms in total. The fourth-order valence-electron chi connectivity index (χ4n) is 3.10. The Morgan fingerprint density at radius 2 is 1.76 bits per heavy atom. The van der Waals surface area contributed by atoms with E-state index < -0.39 is 11.7 Å². The van der Waals surface area contributed by atoms with Crippen LogP contribution in [0.4, 0.5) is 19.0 Å². The molecule has 2 aromatic carbocycles. The van der Waals surface area contributed by atoms with Crippen molar-refractivity contribution < 1.29 is 17.7 Å². The Kier molecular flexibility index (Phi) is 5.20. The van der Waals surface area contributed by atoms with Gasteiger partial charge in [0.05, 0.1) is 5.56 Å². The molecule has 0 aliphatic heterocycles. The highest BCUT2D eigenvalue weighted by Gasteiger charge is 2.29. The van der Waals surface area contributed by atoms with Gasteiger partial charge in [-0.3, -0.25) is 4.98 Å². The molecule has 0 unspecified atom stereocenters. The highest BCUT2D eigenvalue weighted by atomic mass is 19.4. The molecule has 0 bridgehead atoms. The minimum atomic E-state index is -4.30. The first-order chi connectivity index (χ1) is 14.0. The van der Waals surface area contributed by atoms with Crippen LogP contribution in [0.25, 0.3) is 22.1 Å². The van der Waals surface area contributed by atoms with Crippen LogP contribution in [0.3, 0.4) is 0 Å². The van der Waals surface area contributed by atoms with E-state index in [1.165, 1.54) is 12.1 Å². The van der Waals surface area contributed by atoms with Crippen molar-refractivity contribution in [2.75, 3.05) is 11.9 Å². The zero-order valence-electron chi connectivity index (χ0n) is 15.4. The van der Waals surface area contributed by atoms with Crippen LogP contribution in [0.2, 0.25) is 0 Å². The Morgan fingerprint density at radius 1 is 0.931 bits per heavy atom. The minimum absolute atomic E-state index is 0.626.